The van der Waals surface area contributed by atoms with E-state index in [0.717, 1.165) is 0 Å². The number of aromatic carboxylic acids is 1. The number of hydrogen-bond donors (Lipinski definition) is 1. The minimum absolute atomic E-state index is 0.0580. The molecule has 2 aromatic rings. The largest absolute Gasteiger partial charge is 0.478 e. The van der Waals surface area contributed by atoms with E-state index in [1.54, 1.807) is 30.3 Å². The van der Waals surface area contributed by atoms with Crippen LogP contribution in [0.3, 0.4) is 0 Å². The van der Waals surface area contributed by atoms with Gasteiger partial charge in [-0.25, -0.2) is 4.79 Å². The lowest BCUT2D eigenvalue weighted by atomic mass is 9.90. The summed E-state index contributed by atoms with van der Waals surface area (Å²) in [6.07, 6.45) is 0. The highest BCUT2D eigenvalue weighted by molar-refractivity contribution is 6.54. The Bertz CT molecular complexity index is 1310. The SMILES string of the molecule is O=C(O)c1c(Cl)c(Cl)c(Cl)c(Cl)c1-c1c2ccc(=O)cc-2oc2ccccc12. The fourth-order valence-corrected chi connectivity index (χ4v) is 4.18. The van der Waals surface area contributed by atoms with Crippen molar-refractivity contribution in [3.8, 4) is 22.5 Å². The Balaban J connectivity index is 2.31. The summed E-state index contributed by atoms with van der Waals surface area (Å²) in [5.74, 6) is -1.05. The average Bonchev–Trinajstić information content (AvgIpc) is 2.67. The molecule has 28 heavy (non-hydrogen) atoms. The van der Waals surface area contributed by atoms with Gasteiger partial charge in [0.1, 0.15) is 11.3 Å². The summed E-state index contributed by atoms with van der Waals surface area (Å²) in [4.78, 5) is 23.9. The molecule has 0 fully saturated rings. The Morgan fingerprint density at radius 3 is 2.25 bits per heavy atom. The van der Waals surface area contributed by atoms with Crippen molar-refractivity contribution in [1.29, 1.82) is 0 Å². The minimum atomic E-state index is -1.32. The van der Waals surface area contributed by atoms with Gasteiger partial charge >= 0.3 is 5.97 Å². The third-order valence-electron chi connectivity index (χ3n) is 4.33. The van der Waals surface area contributed by atoms with Crippen LogP contribution in [0, 0.1) is 0 Å². The molecule has 0 bridgehead atoms. The molecule has 0 amide bonds. The van der Waals surface area contributed by atoms with Crippen LogP contribution in [0.2, 0.25) is 20.1 Å². The van der Waals surface area contributed by atoms with E-state index in [1.165, 1.54) is 12.1 Å². The van der Waals surface area contributed by atoms with Gasteiger partial charge in [-0.15, -0.1) is 0 Å². The van der Waals surface area contributed by atoms with Crippen molar-refractivity contribution in [2.45, 2.75) is 0 Å². The molecule has 8 heteroatoms. The second-order valence-corrected chi connectivity index (χ2v) is 7.45. The van der Waals surface area contributed by atoms with Crippen LogP contribution in [0.1, 0.15) is 10.4 Å². The maximum atomic E-state index is 12.0. The van der Waals surface area contributed by atoms with Gasteiger partial charge in [-0.3, -0.25) is 4.79 Å². The van der Waals surface area contributed by atoms with Crippen molar-refractivity contribution in [2.75, 3.05) is 0 Å². The summed E-state index contributed by atoms with van der Waals surface area (Å²) in [5.41, 5.74) is 0.908. The Hall–Kier alpha value is -2.24. The molecule has 1 N–H and O–H groups in total. The van der Waals surface area contributed by atoms with Crippen LogP contribution in [0.5, 0.6) is 0 Å². The first-order valence-electron chi connectivity index (χ1n) is 7.86. The molecule has 4 nitrogen and oxygen atoms in total. The van der Waals surface area contributed by atoms with Crippen LogP contribution in [0.15, 0.2) is 51.7 Å². The molecule has 2 aromatic carbocycles. The monoisotopic (exact) mass is 452 g/mol. The van der Waals surface area contributed by atoms with Crippen LogP contribution in [0.4, 0.5) is 0 Å². The number of hydrogen-bond acceptors (Lipinski definition) is 3. The molecule has 1 heterocycles. The molecule has 0 saturated heterocycles. The second kappa shape index (κ2) is 6.98. The van der Waals surface area contributed by atoms with Crippen molar-refractivity contribution in [1.82, 2.24) is 0 Å². The lowest BCUT2D eigenvalue weighted by Crippen LogP contribution is -2.06. The van der Waals surface area contributed by atoms with Gasteiger partial charge in [0.05, 0.1) is 25.7 Å². The average molecular weight is 454 g/mol. The zero-order chi connectivity index (χ0) is 20.2. The molecule has 0 saturated carbocycles. The van der Waals surface area contributed by atoms with Crippen LogP contribution in [-0.2, 0) is 0 Å². The number of para-hydroxylation sites is 1. The zero-order valence-corrected chi connectivity index (χ0v) is 16.7. The number of rotatable bonds is 2. The Morgan fingerprint density at radius 2 is 1.54 bits per heavy atom. The lowest BCUT2D eigenvalue weighted by Gasteiger charge is -2.19. The molecule has 1 aliphatic heterocycles. The third kappa shape index (κ3) is 2.85. The van der Waals surface area contributed by atoms with Gasteiger partial charge in [0, 0.05) is 28.1 Å². The predicted octanol–water partition coefficient (Wildman–Crippen LogP) is 6.88. The van der Waals surface area contributed by atoms with E-state index in [1.807, 2.05) is 0 Å². The van der Waals surface area contributed by atoms with E-state index in [4.69, 9.17) is 50.8 Å². The fourth-order valence-electron chi connectivity index (χ4n) is 3.16. The van der Waals surface area contributed by atoms with Crippen LogP contribution in [-0.4, -0.2) is 11.1 Å². The van der Waals surface area contributed by atoms with E-state index in [9.17, 15) is 14.7 Å². The van der Waals surface area contributed by atoms with Crippen LogP contribution < -0.4 is 5.43 Å². The molecule has 0 unspecified atom stereocenters. The van der Waals surface area contributed by atoms with Crippen molar-refractivity contribution >= 4 is 63.3 Å². The first-order chi connectivity index (χ1) is 13.3. The zero-order valence-electron chi connectivity index (χ0n) is 13.7. The van der Waals surface area contributed by atoms with Gasteiger partial charge in [0.2, 0.25) is 0 Å². The molecular weight excluding hydrogens is 446 g/mol. The molecule has 140 valence electrons. The van der Waals surface area contributed by atoms with Crippen LogP contribution in [0.25, 0.3) is 33.4 Å². The Labute approximate surface area is 178 Å². The molecular formula is C20H8Cl4O4. The highest BCUT2D eigenvalue weighted by Gasteiger charge is 2.29. The van der Waals surface area contributed by atoms with Crippen molar-refractivity contribution in [3.05, 3.63) is 78.3 Å². The van der Waals surface area contributed by atoms with E-state index in [-0.39, 0.29) is 42.4 Å². The highest BCUT2D eigenvalue weighted by atomic mass is 35.5. The van der Waals surface area contributed by atoms with Gasteiger partial charge < -0.3 is 9.52 Å². The van der Waals surface area contributed by atoms with Gasteiger partial charge in [-0.1, -0.05) is 64.6 Å². The van der Waals surface area contributed by atoms with Gasteiger partial charge in [-0.05, 0) is 18.2 Å². The first kappa shape index (κ1) is 19.1. The smallest absolute Gasteiger partial charge is 0.337 e. The number of carboxylic acids is 1. The van der Waals surface area contributed by atoms with Crippen molar-refractivity contribution < 1.29 is 14.3 Å². The number of carbonyl (C=O) groups is 1. The third-order valence-corrected chi connectivity index (χ3v) is 6.13. The quantitative estimate of drug-likeness (QED) is 0.204. The summed E-state index contributed by atoms with van der Waals surface area (Å²) < 4.78 is 5.83. The summed E-state index contributed by atoms with van der Waals surface area (Å²) in [6.45, 7) is 0. The van der Waals surface area contributed by atoms with E-state index in [0.29, 0.717) is 22.1 Å². The van der Waals surface area contributed by atoms with Crippen molar-refractivity contribution in [3.63, 3.8) is 0 Å². The van der Waals surface area contributed by atoms with E-state index >= 15 is 0 Å². The molecule has 1 aliphatic carbocycles. The fraction of sp³-hybridized carbons (Fsp3) is 0. The summed E-state index contributed by atoms with van der Waals surface area (Å²) in [5, 5.41) is 9.90. The Kier molecular flexibility index (Phi) is 4.76. The first-order valence-corrected chi connectivity index (χ1v) is 9.37. The number of halogens is 4. The van der Waals surface area contributed by atoms with Gasteiger partial charge in [-0.2, -0.15) is 0 Å². The van der Waals surface area contributed by atoms with Crippen LogP contribution >= 0.6 is 46.4 Å². The maximum Gasteiger partial charge on any atom is 0.337 e. The molecule has 4 rings (SSSR count). The molecule has 0 atom stereocenters. The van der Waals surface area contributed by atoms with E-state index in [2.05, 4.69) is 0 Å². The van der Waals surface area contributed by atoms with Gasteiger partial charge in [0.15, 0.2) is 5.43 Å². The summed E-state index contributed by atoms with van der Waals surface area (Å²) in [6, 6.07) is 11.2. The summed E-state index contributed by atoms with van der Waals surface area (Å²) in [7, 11) is 0. The number of carboxylic acid groups (broad SMARTS) is 1. The second-order valence-electron chi connectivity index (χ2n) is 5.94. The molecule has 0 aromatic heterocycles. The predicted molar refractivity (Wildman–Crippen MR) is 112 cm³/mol. The van der Waals surface area contributed by atoms with Gasteiger partial charge in [0.25, 0.3) is 0 Å². The lowest BCUT2D eigenvalue weighted by molar-refractivity contribution is 0.0698. The number of fused-ring (bicyclic) bond motifs is 2. The highest BCUT2D eigenvalue weighted by Crippen LogP contribution is 2.50. The number of benzene rings is 3. The standard InChI is InChI=1S/C20H8Cl4O4/c21-16-14(15(20(26)27)17(22)19(24)18(16)23)13-9-3-1-2-4-11(9)28-12-7-8(25)5-6-10(12)13/h1-7H,(H,26,27). The molecule has 0 radical (unpaired) electrons. The molecule has 2 aliphatic rings. The minimum Gasteiger partial charge on any atom is -0.478 e. The molecule has 0 spiro atoms. The normalized spacial score (nSPS) is 11.3. The summed E-state index contributed by atoms with van der Waals surface area (Å²) >= 11 is 25.0. The Morgan fingerprint density at radius 1 is 0.857 bits per heavy atom. The maximum absolute atomic E-state index is 12.0. The van der Waals surface area contributed by atoms with E-state index < -0.39 is 5.97 Å². The topological polar surface area (TPSA) is 67.5 Å². The van der Waals surface area contributed by atoms with Crippen molar-refractivity contribution in [2.24, 2.45) is 0 Å².